The van der Waals surface area contributed by atoms with E-state index < -0.39 is 49.1 Å². The number of rotatable bonds is 4. The summed E-state index contributed by atoms with van der Waals surface area (Å²) in [6.07, 6.45) is -14.6. The van der Waals surface area contributed by atoms with Crippen molar-refractivity contribution < 1.29 is 48.4 Å². The molecular weight excluding hydrogens is 370 g/mol. The molecule has 1 saturated carbocycles. The van der Waals surface area contributed by atoms with E-state index in [1.165, 1.54) is 30.3 Å². The summed E-state index contributed by atoms with van der Waals surface area (Å²) < 4.78 is 80.5. The number of carbonyl (C=O) groups excluding carboxylic acids is 1. The van der Waals surface area contributed by atoms with Crippen LogP contribution in [0.3, 0.4) is 0 Å². The maximum Gasteiger partial charge on any atom is 0.343 e. The molecule has 1 aromatic carbocycles. The first-order chi connectivity index (χ1) is 14.3. The first-order valence-corrected chi connectivity index (χ1v) is 7.62. The standard InChI is InChI=1S/C19H28NO3.BrH/c1-20(2)13-12-17(14-20)23-18(21)19(22,16-10-6-7-11-16)15-8-4-3-5-9-15;/h3-5,8-9,16-17,22H,6-7,10-14H2,1-2H3;1H/q+1;/p-1/i6D2,7D2,10D2,11D2,16D;. The molecule has 1 heterocycles. The average molecular weight is 407 g/mol. The van der Waals surface area contributed by atoms with Crippen molar-refractivity contribution in [3.8, 4) is 0 Å². The molecule has 1 aromatic rings. The number of aliphatic hydroxyl groups is 1. The molecule has 2 atom stereocenters. The number of benzene rings is 1. The Labute approximate surface area is 167 Å². The highest BCUT2D eigenvalue weighted by atomic mass is 79.9. The molecule has 134 valence electrons. The lowest BCUT2D eigenvalue weighted by Gasteiger charge is -2.33. The van der Waals surface area contributed by atoms with Gasteiger partial charge in [0.1, 0.15) is 6.54 Å². The Morgan fingerprint density at radius 3 is 2.50 bits per heavy atom. The van der Waals surface area contributed by atoms with Gasteiger partial charge in [0.25, 0.3) is 0 Å². The van der Waals surface area contributed by atoms with E-state index in [0.717, 1.165) is 0 Å². The SMILES string of the molecule is [2H]C1([2H])C([2H])([2H])C([2H])([2H])C([2H])(C(O)(C(=O)OC2CC[N+](C)(C)C2)c2ccccc2)C1([2H])[2H].[Br-]. The Hall–Kier alpha value is -0.910. The summed E-state index contributed by atoms with van der Waals surface area (Å²) in [7, 11) is 3.81. The van der Waals surface area contributed by atoms with Crippen LogP contribution in [0.4, 0.5) is 0 Å². The molecule has 2 aliphatic rings. The van der Waals surface area contributed by atoms with Crippen molar-refractivity contribution in [2.45, 2.75) is 43.6 Å². The number of esters is 1. The number of hydrogen-bond donors (Lipinski definition) is 1. The molecule has 0 radical (unpaired) electrons. The molecule has 0 aromatic heterocycles. The van der Waals surface area contributed by atoms with Crippen molar-refractivity contribution in [1.82, 2.24) is 0 Å². The summed E-state index contributed by atoms with van der Waals surface area (Å²) >= 11 is 0. The molecule has 3 rings (SSSR count). The molecule has 0 amide bonds. The highest BCUT2D eigenvalue weighted by molar-refractivity contribution is 5.81. The van der Waals surface area contributed by atoms with Crippen LogP contribution in [-0.4, -0.2) is 48.8 Å². The lowest BCUT2D eigenvalue weighted by molar-refractivity contribution is -0.879. The number of hydrogen-bond acceptors (Lipinski definition) is 3. The van der Waals surface area contributed by atoms with Crippen molar-refractivity contribution in [1.29, 1.82) is 0 Å². The third-order valence-electron chi connectivity index (χ3n) is 4.31. The summed E-state index contributed by atoms with van der Waals surface area (Å²) in [5.41, 5.74) is -3.73. The minimum Gasteiger partial charge on any atom is -1.00 e. The van der Waals surface area contributed by atoms with Crippen molar-refractivity contribution >= 4 is 5.97 Å². The molecule has 4 nitrogen and oxygen atoms in total. The summed E-state index contributed by atoms with van der Waals surface area (Å²) in [5, 5.41) is 11.8. The molecule has 1 aliphatic heterocycles. The van der Waals surface area contributed by atoms with Crippen LogP contribution in [0.1, 0.15) is 49.8 Å². The zero-order valence-electron chi connectivity index (χ0n) is 22.7. The third-order valence-corrected chi connectivity index (χ3v) is 4.31. The smallest absolute Gasteiger partial charge is 0.343 e. The number of carbonyl (C=O) groups is 1. The van der Waals surface area contributed by atoms with Gasteiger partial charge in [0, 0.05) is 24.7 Å². The number of quaternary nitrogens is 1. The van der Waals surface area contributed by atoms with Gasteiger partial charge in [-0.05, 0) is 18.3 Å². The van der Waals surface area contributed by atoms with E-state index in [-0.39, 0.29) is 22.5 Å². The number of likely N-dealkylation sites (N-methyl/N-ethyl adjacent to an activating group) is 1. The fourth-order valence-corrected chi connectivity index (χ4v) is 3.00. The predicted molar refractivity (Wildman–Crippen MR) is 88.6 cm³/mol. The van der Waals surface area contributed by atoms with Gasteiger partial charge in [-0.25, -0.2) is 4.79 Å². The molecule has 0 bridgehead atoms. The fourth-order valence-electron chi connectivity index (χ4n) is 3.00. The Bertz CT molecular complexity index is 887. The van der Waals surface area contributed by atoms with Crippen molar-refractivity contribution in [2.24, 2.45) is 5.89 Å². The van der Waals surface area contributed by atoms with Crippen molar-refractivity contribution in [2.75, 3.05) is 27.2 Å². The van der Waals surface area contributed by atoms with E-state index in [9.17, 15) is 9.90 Å². The van der Waals surface area contributed by atoms with Gasteiger partial charge in [0.2, 0.25) is 0 Å². The highest BCUT2D eigenvalue weighted by Crippen LogP contribution is 2.42. The summed E-state index contributed by atoms with van der Waals surface area (Å²) in [6, 6.07) is 6.66. The quantitative estimate of drug-likeness (QED) is 0.539. The van der Waals surface area contributed by atoms with E-state index >= 15 is 0 Å². The topological polar surface area (TPSA) is 46.5 Å². The molecule has 5 heteroatoms. The van der Waals surface area contributed by atoms with Crippen LogP contribution >= 0.6 is 0 Å². The summed E-state index contributed by atoms with van der Waals surface area (Å²) in [6.45, 7) is 1.03. The lowest BCUT2D eigenvalue weighted by atomic mass is 9.80. The molecule has 1 saturated heterocycles. The molecule has 2 fully saturated rings. The first kappa shape index (κ1) is 10.3. The number of halogens is 1. The largest absolute Gasteiger partial charge is 1.00 e. The van der Waals surface area contributed by atoms with Gasteiger partial charge in [-0.3, -0.25) is 0 Å². The monoisotopic (exact) mass is 406 g/mol. The highest BCUT2D eigenvalue weighted by Gasteiger charge is 2.49. The van der Waals surface area contributed by atoms with Gasteiger partial charge in [-0.1, -0.05) is 43.1 Å². The molecule has 2 unspecified atom stereocenters. The first-order valence-electron chi connectivity index (χ1n) is 12.1. The van der Waals surface area contributed by atoms with Crippen LogP contribution in [0.2, 0.25) is 0 Å². The summed E-state index contributed by atoms with van der Waals surface area (Å²) in [4.78, 5) is 13.4. The number of likely N-dealkylation sites (tertiary alicyclic amines) is 1. The zero-order chi connectivity index (χ0) is 24.6. The number of nitrogens with zero attached hydrogens (tertiary/aromatic N) is 1. The zero-order valence-corrected chi connectivity index (χ0v) is 15.3. The Morgan fingerprint density at radius 1 is 1.33 bits per heavy atom. The van der Waals surface area contributed by atoms with Crippen LogP contribution in [0, 0.1) is 5.89 Å². The van der Waals surface area contributed by atoms with Crippen LogP contribution in [0.25, 0.3) is 0 Å². The van der Waals surface area contributed by atoms with E-state index in [4.69, 9.17) is 17.1 Å². The van der Waals surface area contributed by atoms with Crippen LogP contribution < -0.4 is 17.0 Å². The second-order valence-electron chi connectivity index (χ2n) is 6.61. The molecule has 1 N–H and O–H groups in total. The second kappa shape index (κ2) is 7.54. The number of ether oxygens (including phenoxy) is 1. The Kier molecular flexibility index (Phi) is 3.23. The van der Waals surface area contributed by atoms with Crippen molar-refractivity contribution in [3.05, 3.63) is 35.9 Å². The van der Waals surface area contributed by atoms with Crippen molar-refractivity contribution in [3.63, 3.8) is 0 Å². The molecule has 1 aliphatic carbocycles. The maximum atomic E-state index is 13.4. The van der Waals surface area contributed by atoms with Gasteiger partial charge in [0.05, 0.1) is 20.6 Å². The summed E-state index contributed by atoms with van der Waals surface area (Å²) in [5.74, 6) is -5.15. The third kappa shape index (κ3) is 3.84. The second-order valence-corrected chi connectivity index (χ2v) is 6.61. The normalized spacial score (nSPS) is 41.0. The van der Waals surface area contributed by atoms with Gasteiger partial charge >= 0.3 is 5.97 Å². The van der Waals surface area contributed by atoms with E-state index in [0.29, 0.717) is 24.0 Å². The Balaban J connectivity index is 0.00000385. The Morgan fingerprint density at radius 2 is 1.96 bits per heavy atom. The molecule has 24 heavy (non-hydrogen) atoms. The lowest BCUT2D eigenvalue weighted by Crippen LogP contribution is -3.00. The van der Waals surface area contributed by atoms with Crippen LogP contribution in [-0.2, 0) is 15.1 Å². The maximum absolute atomic E-state index is 13.4. The molecule has 0 spiro atoms. The van der Waals surface area contributed by atoms with E-state index in [2.05, 4.69) is 0 Å². The van der Waals surface area contributed by atoms with Gasteiger partial charge in [-0.2, -0.15) is 0 Å². The van der Waals surface area contributed by atoms with Gasteiger partial charge in [0.15, 0.2) is 11.7 Å². The minimum atomic E-state index is -3.64. The van der Waals surface area contributed by atoms with Crippen LogP contribution in [0.15, 0.2) is 30.3 Å². The van der Waals surface area contributed by atoms with Crippen LogP contribution in [0.5, 0.6) is 0 Å². The van der Waals surface area contributed by atoms with Gasteiger partial charge < -0.3 is 31.3 Å². The molecular formula is C19H28BrNO3. The average Bonchev–Trinajstić information content (AvgIpc) is 3.06. The van der Waals surface area contributed by atoms with E-state index in [1.54, 1.807) is 0 Å². The predicted octanol–water partition coefficient (Wildman–Crippen LogP) is -0.540. The minimum absolute atomic E-state index is 0. The van der Waals surface area contributed by atoms with Gasteiger partial charge in [-0.15, -0.1) is 0 Å². The van der Waals surface area contributed by atoms with E-state index in [1.807, 2.05) is 14.1 Å². The fraction of sp³-hybridized carbons (Fsp3) is 0.632.